The minimum Gasteiger partial charge on any atom is -0.452 e. The van der Waals surface area contributed by atoms with E-state index in [-0.39, 0.29) is 18.1 Å². The lowest BCUT2D eigenvalue weighted by Crippen LogP contribution is -2.34. The van der Waals surface area contributed by atoms with Crippen molar-refractivity contribution < 1.29 is 9.53 Å². The number of nitrogens with zero attached hydrogens (tertiary/aromatic N) is 1. The molecular weight excluding hydrogens is 262 g/mol. The van der Waals surface area contributed by atoms with Gasteiger partial charge in [0.15, 0.2) is 0 Å². The topological polar surface area (TPSA) is 29.5 Å². The van der Waals surface area contributed by atoms with Gasteiger partial charge in [0.1, 0.15) is 6.10 Å². The van der Waals surface area contributed by atoms with Gasteiger partial charge in [-0.05, 0) is 43.8 Å². The number of hydrogen-bond donors (Lipinski definition) is 0. The zero-order chi connectivity index (χ0) is 14.8. The monoisotopic (exact) mass is 281 g/mol. The Bertz CT molecular complexity index is 637. The van der Waals surface area contributed by atoms with Crippen LogP contribution >= 0.6 is 0 Å². The predicted molar refractivity (Wildman–Crippen MR) is 82.2 cm³/mol. The summed E-state index contributed by atoms with van der Waals surface area (Å²) in [6.07, 6.45) is 0.708. The molecule has 3 nitrogen and oxygen atoms in total. The normalized spacial score (nSPS) is 20.3. The van der Waals surface area contributed by atoms with Gasteiger partial charge in [-0.1, -0.05) is 42.5 Å². The Hall–Kier alpha value is -2.13. The first-order chi connectivity index (χ1) is 10.2. The third kappa shape index (κ3) is 2.69. The van der Waals surface area contributed by atoms with Gasteiger partial charge in [-0.15, -0.1) is 0 Å². The highest BCUT2D eigenvalue weighted by Gasteiger charge is 2.36. The number of carbonyl (C=O) groups excluding carboxylic acids is 1. The average Bonchev–Trinajstić information content (AvgIpc) is 2.87. The molecule has 1 aliphatic carbocycles. The fraction of sp³-hybridized carbons (Fsp3) is 0.278. The van der Waals surface area contributed by atoms with E-state index < -0.39 is 0 Å². The van der Waals surface area contributed by atoms with Gasteiger partial charge in [-0.3, -0.25) is 0 Å². The van der Waals surface area contributed by atoms with Gasteiger partial charge in [0.05, 0.1) is 11.6 Å². The fourth-order valence-electron chi connectivity index (χ4n) is 2.89. The van der Waals surface area contributed by atoms with Crippen molar-refractivity contribution in [3.63, 3.8) is 0 Å². The maximum Gasteiger partial charge on any atom is 0.338 e. The lowest BCUT2D eigenvalue weighted by Gasteiger charge is -2.26. The summed E-state index contributed by atoms with van der Waals surface area (Å²) in [4.78, 5) is 14.5. The van der Waals surface area contributed by atoms with Gasteiger partial charge in [0, 0.05) is 0 Å². The molecule has 0 spiro atoms. The fourth-order valence-corrected chi connectivity index (χ4v) is 2.89. The van der Waals surface area contributed by atoms with Crippen LogP contribution in [0.2, 0.25) is 0 Å². The molecule has 0 radical (unpaired) electrons. The summed E-state index contributed by atoms with van der Waals surface area (Å²) in [6, 6.07) is 17.6. The summed E-state index contributed by atoms with van der Waals surface area (Å²) in [5.41, 5.74) is 2.99. The summed E-state index contributed by atoms with van der Waals surface area (Å²) < 4.78 is 5.82. The van der Waals surface area contributed by atoms with Crippen LogP contribution in [0, 0.1) is 0 Å². The molecule has 3 heteroatoms. The van der Waals surface area contributed by atoms with Crippen LogP contribution in [0.25, 0.3) is 0 Å². The molecule has 0 fully saturated rings. The highest BCUT2D eigenvalue weighted by molar-refractivity contribution is 5.89. The van der Waals surface area contributed by atoms with E-state index >= 15 is 0 Å². The largest absolute Gasteiger partial charge is 0.452 e. The van der Waals surface area contributed by atoms with Crippen LogP contribution in [0.15, 0.2) is 54.6 Å². The molecule has 0 unspecified atom stereocenters. The molecule has 2 aromatic rings. The Kier molecular flexibility index (Phi) is 3.76. The molecule has 0 bridgehead atoms. The van der Waals surface area contributed by atoms with E-state index in [1.165, 1.54) is 5.56 Å². The zero-order valence-electron chi connectivity index (χ0n) is 12.3. The SMILES string of the molecule is CN(C)[C@@H]1Cc2ccccc2[C@@H]1OC(=O)c1ccccc1. The van der Waals surface area contributed by atoms with E-state index in [9.17, 15) is 4.79 Å². The Balaban J connectivity index is 1.87. The van der Waals surface area contributed by atoms with Crippen molar-refractivity contribution in [1.29, 1.82) is 0 Å². The molecule has 0 aromatic heterocycles. The second kappa shape index (κ2) is 5.70. The van der Waals surface area contributed by atoms with E-state index in [1.54, 1.807) is 12.1 Å². The Morgan fingerprint density at radius 3 is 2.43 bits per heavy atom. The zero-order valence-corrected chi connectivity index (χ0v) is 12.3. The number of carbonyl (C=O) groups is 1. The molecule has 1 aliphatic rings. The Morgan fingerprint density at radius 2 is 1.71 bits per heavy atom. The Morgan fingerprint density at radius 1 is 1.05 bits per heavy atom. The molecule has 0 heterocycles. The van der Waals surface area contributed by atoms with Crippen LogP contribution in [-0.2, 0) is 11.2 Å². The van der Waals surface area contributed by atoms with E-state index in [1.807, 2.05) is 44.4 Å². The van der Waals surface area contributed by atoms with Gasteiger partial charge >= 0.3 is 5.97 Å². The standard InChI is InChI=1S/C18H19NO2/c1-19(2)16-12-14-10-6-7-11-15(14)17(16)21-18(20)13-8-4-3-5-9-13/h3-11,16-17H,12H2,1-2H3/t16-,17+/m1/s1. The lowest BCUT2D eigenvalue weighted by molar-refractivity contribution is 0.0108. The second-order valence-electron chi connectivity index (χ2n) is 5.63. The molecule has 0 N–H and O–H groups in total. The van der Waals surface area contributed by atoms with E-state index in [0.717, 1.165) is 12.0 Å². The van der Waals surface area contributed by atoms with Crippen LogP contribution in [0.3, 0.4) is 0 Å². The van der Waals surface area contributed by atoms with Gasteiger partial charge in [-0.25, -0.2) is 4.79 Å². The van der Waals surface area contributed by atoms with E-state index in [2.05, 4.69) is 17.0 Å². The van der Waals surface area contributed by atoms with Crippen LogP contribution in [0.4, 0.5) is 0 Å². The minimum atomic E-state index is -0.260. The van der Waals surface area contributed by atoms with Crippen molar-refractivity contribution in [2.45, 2.75) is 18.6 Å². The first-order valence-electron chi connectivity index (χ1n) is 7.17. The molecule has 0 saturated heterocycles. The first kappa shape index (κ1) is 13.8. The van der Waals surface area contributed by atoms with Crippen LogP contribution in [-0.4, -0.2) is 31.0 Å². The number of esters is 1. The smallest absolute Gasteiger partial charge is 0.338 e. The number of hydrogen-bond acceptors (Lipinski definition) is 3. The maximum absolute atomic E-state index is 12.3. The molecule has 2 atom stereocenters. The lowest BCUT2D eigenvalue weighted by atomic mass is 10.1. The summed E-state index contributed by atoms with van der Waals surface area (Å²) >= 11 is 0. The van der Waals surface area contributed by atoms with Crippen LogP contribution in [0.1, 0.15) is 27.6 Å². The molecular formula is C18H19NO2. The maximum atomic E-state index is 12.3. The number of likely N-dealkylation sites (N-methyl/N-ethyl adjacent to an activating group) is 1. The van der Waals surface area contributed by atoms with Crippen LogP contribution in [0.5, 0.6) is 0 Å². The van der Waals surface area contributed by atoms with Crippen molar-refractivity contribution in [2.75, 3.05) is 14.1 Å². The minimum absolute atomic E-state index is 0.190. The quantitative estimate of drug-likeness (QED) is 0.810. The number of rotatable bonds is 3. The number of ether oxygens (including phenoxy) is 1. The first-order valence-corrected chi connectivity index (χ1v) is 7.17. The summed E-state index contributed by atoms with van der Waals surface area (Å²) in [5, 5.41) is 0. The third-order valence-electron chi connectivity index (χ3n) is 4.05. The molecule has 21 heavy (non-hydrogen) atoms. The Labute approximate surface area is 125 Å². The second-order valence-corrected chi connectivity index (χ2v) is 5.63. The van der Waals surface area contributed by atoms with Crippen molar-refractivity contribution in [2.24, 2.45) is 0 Å². The van der Waals surface area contributed by atoms with Crippen molar-refractivity contribution in [1.82, 2.24) is 4.90 Å². The highest BCUT2D eigenvalue weighted by atomic mass is 16.5. The van der Waals surface area contributed by atoms with Gasteiger partial charge < -0.3 is 9.64 Å². The molecule has 3 rings (SSSR count). The van der Waals surface area contributed by atoms with Crippen molar-refractivity contribution in [3.8, 4) is 0 Å². The summed E-state index contributed by atoms with van der Waals surface area (Å²) in [6.45, 7) is 0. The molecule has 108 valence electrons. The highest BCUT2D eigenvalue weighted by Crippen LogP contribution is 2.36. The number of benzene rings is 2. The molecule has 0 saturated carbocycles. The van der Waals surface area contributed by atoms with Gasteiger partial charge in [0.2, 0.25) is 0 Å². The van der Waals surface area contributed by atoms with E-state index in [4.69, 9.17) is 4.74 Å². The van der Waals surface area contributed by atoms with Crippen molar-refractivity contribution in [3.05, 3.63) is 71.3 Å². The third-order valence-corrected chi connectivity index (χ3v) is 4.05. The average molecular weight is 281 g/mol. The summed E-state index contributed by atoms with van der Waals surface area (Å²) in [7, 11) is 4.06. The summed E-state index contributed by atoms with van der Waals surface area (Å²) in [5.74, 6) is -0.260. The van der Waals surface area contributed by atoms with Crippen molar-refractivity contribution >= 4 is 5.97 Å². The van der Waals surface area contributed by atoms with E-state index in [0.29, 0.717) is 5.56 Å². The van der Waals surface area contributed by atoms with Crippen LogP contribution < -0.4 is 0 Å². The van der Waals surface area contributed by atoms with Gasteiger partial charge in [-0.2, -0.15) is 0 Å². The number of fused-ring (bicyclic) bond motifs is 1. The molecule has 0 aliphatic heterocycles. The van der Waals surface area contributed by atoms with Gasteiger partial charge in [0.25, 0.3) is 0 Å². The molecule has 0 amide bonds. The predicted octanol–water partition coefficient (Wildman–Crippen LogP) is 3.07. The molecule has 2 aromatic carbocycles.